The molecule has 0 aliphatic heterocycles. The van der Waals surface area contributed by atoms with E-state index in [0.717, 1.165) is 11.1 Å². The number of rotatable bonds is 9. The van der Waals surface area contributed by atoms with E-state index in [9.17, 15) is 9.59 Å². The molecule has 0 saturated carbocycles. The van der Waals surface area contributed by atoms with Crippen LogP contribution in [0.15, 0.2) is 71.8 Å². The third kappa shape index (κ3) is 6.68. The van der Waals surface area contributed by atoms with Crippen molar-refractivity contribution in [2.75, 3.05) is 13.7 Å². The van der Waals surface area contributed by atoms with Crippen LogP contribution in [0.3, 0.4) is 0 Å². The Labute approximate surface area is 199 Å². The van der Waals surface area contributed by atoms with Gasteiger partial charge < -0.3 is 14.2 Å². The fraction of sp³-hybridized carbons (Fsp3) is 0.222. The molecular formula is C27H28N2O5. The standard InChI is InChI=1S/C27H28N2O5/c1-18(2)22-12-10-19(3)14-24(22)33-17-26(30)29-28-16-20-11-13-23(25(15-20)32-4)34-27(31)21-8-6-5-7-9-21/h5-16,18H,17H2,1-4H3,(H,29,30)/b28-16-. The van der Waals surface area contributed by atoms with Gasteiger partial charge in [-0.15, -0.1) is 0 Å². The van der Waals surface area contributed by atoms with Gasteiger partial charge in [0.15, 0.2) is 18.1 Å². The molecule has 0 aliphatic carbocycles. The lowest BCUT2D eigenvalue weighted by Gasteiger charge is -2.14. The number of nitrogens with one attached hydrogen (secondary N) is 1. The average molecular weight is 461 g/mol. The van der Waals surface area contributed by atoms with Gasteiger partial charge in [-0.2, -0.15) is 5.10 Å². The van der Waals surface area contributed by atoms with Crippen LogP contribution in [-0.4, -0.2) is 31.8 Å². The zero-order valence-electron chi connectivity index (χ0n) is 19.7. The molecule has 1 N–H and O–H groups in total. The Morgan fingerprint density at radius 3 is 2.44 bits per heavy atom. The molecule has 3 aromatic carbocycles. The zero-order valence-corrected chi connectivity index (χ0v) is 19.7. The second-order valence-electron chi connectivity index (χ2n) is 7.94. The van der Waals surface area contributed by atoms with Crippen molar-refractivity contribution in [2.45, 2.75) is 26.7 Å². The summed E-state index contributed by atoms with van der Waals surface area (Å²) in [4.78, 5) is 24.5. The first-order chi connectivity index (χ1) is 16.4. The molecule has 1 amide bonds. The summed E-state index contributed by atoms with van der Waals surface area (Å²) in [6.07, 6.45) is 1.47. The van der Waals surface area contributed by atoms with Crippen molar-refractivity contribution in [3.8, 4) is 17.2 Å². The van der Waals surface area contributed by atoms with Gasteiger partial charge in [-0.1, -0.05) is 44.2 Å². The average Bonchev–Trinajstić information content (AvgIpc) is 2.83. The number of ether oxygens (including phenoxy) is 3. The van der Waals surface area contributed by atoms with E-state index in [0.29, 0.717) is 22.6 Å². The molecule has 0 spiro atoms. The van der Waals surface area contributed by atoms with Gasteiger partial charge in [-0.25, -0.2) is 10.2 Å². The van der Waals surface area contributed by atoms with Gasteiger partial charge in [0.25, 0.3) is 5.91 Å². The van der Waals surface area contributed by atoms with Gasteiger partial charge in [-0.3, -0.25) is 4.79 Å². The van der Waals surface area contributed by atoms with Gasteiger partial charge in [-0.05, 0) is 65.9 Å². The summed E-state index contributed by atoms with van der Waals surface area (Å²) in [6, 6.07) is 19.6. The van der Waals surface area contributed by atoms with Gasteiger partial charge in [0.1, 0.15) is 5.75 Å². The summed E-state index contributed by atoms with van der Waals surface area (Å²) in [5.74, 6) is 0.754. The largest absolute Gasteiger partial charge is 0.493 e. The summed E-state index contributed by atoms with van der Waals surface area (Å²) in [5.41, 5.74) is 5.64. The van der Waals surface area contributed by atoms with E-state index >= 15 is 0 Å². The van der Waals surface area contributed by atoms with Crippen LogP contribution in [0.5, 0.6) is 17.2 Å². The van der Waals surface area contributed by atoms with Crippen molar-refractivity contribution in [1.82, 2.24) is 5.43 Å². The molecule has 0 atom stereocenters. The minimum absolute atomic E-state index is 0.155. The van der Waals surface area contributed by atoms with Crippen LogP contribution in [0.4, 0.5) is 0 Å². The normalized spacial score (nSPS) is 10.9. The highest BCUT2D eigenvalue weighted by molar-refractivity contribution is 5.91. The zero-order chi connectivity index (χ0) is 24.5. The lowest BCUT2D eigenvalue weighted by molar-refractivity contribution is -0.123. The van der Waals surface area contributed by atoms with E-state index in [-0.39, 0.29) is 24.2 Å². The molecule has 3 aromatic rings. The second kappa shape index (κ2) is 11.7. The first-order valence-electron chi connectivity index (χ1n) is 10.9. The molecule has 7 nitrogen and oxygen atoms in total. The van der Waals surface area contributed by atoms with E-state index in [1.807, 2.05) is 31.2 Å². The Bertz CT molecular complexity index is 1170. The van der Waals surface area contributed by atoms with E-state index < -0.39 is 5.97 Å². The third-order valence-electron chi connectivity index (χ3n) is 4.95. The minimum atomic E-state index is -0.484. The van der Waals surface area contributed by atoms with Crippen molar-refractivity contribution in [2.24, 2.45) is 5.10 Å². The molecule has 7 heteroatoms. The molecule has 34 heavy (non-hydrogen) atoms. The van der Waals surface area contributed by atoms with E-state index in [2.05, 4.69) is 24.4 Å². The lowest BCUT2D eigenvalue weighted by Crippen LogP contribution is -2.25. The van der Waals surface area contributed by atoms with E-state index in [4.69, 9.17) is 14.2 Å². The highest BCUT2D eigenvalue weighted by atomic mass is 16.6. The molecule has 0 aliphatic rings. The summed E-state index contributed by atoms with van der Waals surface area (Å²) in [5, 5.41) is 3.97. The summed E-state index contributed by atoms with van der Waals surface area (Å²) in [6.45, 7) is 5.97. The Morgan fingerprint density at radius 1 is 0.971 bits per heavy atom. The van der Waals surface area contributed by atoms with Crippen LogP contribution >= 0.6 is 0 Å². The van der Waals surface area contributed by atoms with E-state index in [1.165, 1.54) is 13.3 Å². The van der Waals surface area contributed by atoms with Crippen LogP contribution in [0.25, 0.3) is 0 Å². The molecule has 0 heterocycles. The number of carbonyl (C=O) groups excluding carboxylic acids is 2. The maximum atomic E-state index is 12.3. The van der Waals surface area contributed by atoms with Crippen molar-refractivity contribution in [3.05, 3.63) is 89.0 Å². The number of hydrogen-bond donors (Lipinski definition) is 1. The number of amides is 1. The predicted molar refractivity (Wildman–Crippen MR) is 131 cm³/mol. The number of hydrogen-bond acceptors (Lipinski definition) is 6. The van der Waals surface area contributed by atoms with Gasteiger partial charge in [0.2, 0.25) is 0 Å². The number of benzene rings is 3. The Morgan fingerprint density at radius 2 is 1.74 bits per heavy atom. The monoisotopic (exact) mass is 460 g/mol. The van der Waals surface area contributed by atoms with Crippen LogP contribution in [0, 0.1) is 6.92 Å². The number of aryl methyl sites for hydroxylation is 1. The fourth-order valence-electron chi connectivity index (χ4n) is 3.18. The molecule has 0 aromatic heterocycles. The highest BCUT2D eigenvalue weighted by Gasteiger charge is 2.13. The smallest absolute Gasteiger partial charge is 0.343 e. The van der Waals surface area contributed by atoms with Crippen molar-refractivity contribution < 1.29 is 23.8 Å². The van der Waals surface area contributed by atoms with Crippen molar-refractivity contribution in [3.63, 3.8) is 0 Å². The number of esters is 1. The number of hydrazone groups is 1. The quantitative estimate of drug-likeness (QED) is 0.213. The highest BCUT2D eigenvalue weighted by Crippen LogP contribution is 2.29. The maximum absolute atomic E-state index is 12.3. The van der Waals surface area contributed by atoms with Crippen LogP contribution in [-0.2, 0) is 4.79 Å². The molecular weight excluding hydrogens is 432 g/mol. The fourth-order valence-corrected chi connectivity index (χ4v) is 3.18. The second-order valence-corrected chi connectivity index (χ2v) is 7.94. The van der Waals surface area contributed by atoms with Gasteiger partial charge in [0.05, 0.1) is 18.9 Å². The summed E-state index contributed by atoms with van der Waals surface area (Å²) >= 11 is 0. The minimum Gasteiger partial charge on any atom is -0.493 e. The lowest BCUT2D eigenvalue weighted by atomic mass is 10.0. The SMILES string of the molecule is COc1cc(/C=N\NC(=O)COc2cc(C)ccc2C(C)C)ccc1OC(=O)c1ccccc1. The van der Waals surface area contributed by atoms with Crippen molar-refractivity contribution in [1.29, 1.82) is 0 Å². The van der Waals surface area contributed by atoms with Crippen LogP contribution < -0.4 is 19.6 Å². The van der Waals surface area contributed by atoms with E-state index in [1.54, 1.807) is 42.5 Å². The van der Waals surface area contributed by atoms with Crippen molar-refractivity contribution >= 4 is 18.1 Å². The number of carbonyl (C=O) groups is 2. The third-order valence-corrected chi connectivity index (χ3v) is 4.95. The van der Waals surface area contributed by atoms with Gasteiger partial charge in [0, 0.05) is 0 Å². The first-order valence-corrected chi connectivity index (χ1v) is 10.9. The molecule has 0 unspecified atom stereocenters. The summed E-state index contributed by atoms with van der Waals surface area (Å²) in [7, 11) is 1.48. The predicted octanol–water partition coefficient (Wildman–Crippen LogP) is 4.88. The Kier molecular flexibility index (Phi) is 8.40. The topological polar surface area (TPSA) is 86.2 Å². The van der Waals surface area contributed by atoms with Crippen LogP contribution in [0.2, 0.25) is 0 Å². The number of methoxy groups -OCH3 is 1. The first kappa shape index (κ1) is 24.5. The molecule has 0 bridgehead atoms. The molecule has 3 rings (SSSR count). The Balaban J connectivity index is 1.58. The molecule has 0 fully saturated rings. The van der Waals surface area contributed by atoms with Gasteiger partial charge >= 0.3 is 5.97 Å². The Hall–Kier alpha value is -4.13. The maximum Gasteiger partial charge on any atom is 0.343 e. The van der Waals surface area contributed by atoms with Crippen LogP contribution in [0.1, 0.15) is 46.8 Å². The number of nitrogens with zero attached hydrogens (tertiary/aromatic N) is 1. The molecule has 0 radical (unpaired) electrons. The molecule has 176 valence electrons. The summed E-state index contributed by atoms with van der Waals surface area (Å²) < 4.78 is 16.5. The molecule has 0 saturated heterocycles.